The Bertz CT molecular complexity index is 501. The number of aromatic nitrogens is 4. The Hall–Kier alpha value is -1.96. The fourth-order valence-corrected chi connectivity index (χ4v) is 1.24. The van der Waals surface area contributed by atoms with E-state index in [1.165, 1.54) is 0 Å². The molecule has 2 rings (SSSR count). The minimum absolute atomic E-state index is 0.0735. The molecule has 2 aromatic rings. The Labute approximate surface area is 87.7 Å². The minimum atomic E-state index is -1.10. The van der Waals surface area contributed by atoms with Crippen LogP contribution in [0.15, 0.2) is 12.1 Å². The molecule has 0 saturated heterocycles. The lowest BCUT2D eigenvalue weighted by Gasteiger charge is -2.05. The van der Waals surface area contributed by atoms with E-state index in [1.807, 2.05) is 0 Å². The number of nitrogens with zero attached hydrogens (tertiary/aromatic N) is 4. The van der Waals surface area contributed by atoms with E-state index in [4.69, 9.17) is 5.73 Å². The molecule has 1 aromatic carbocycles. The van der Waals surface area contributed by atoms with E-state index in [1.54, 1.807) is 0 Å². The van der Waals surface area contributed by atoms with Crippen LogP contribution in [-0.2, 0) is 6.54 Å². The average Bonchev–Trinajstić information content (AvgIpc) is 2.64. The summed E-state index contributed by atoms with van der Waals surface area (Å²) in [5.41, 5.74) is 4.73. The number of benzene rings is 1. The van der Waals surface area contributed by atoms with Gasteiger partial charge in [-0.1, -0.05) is 0 Å². The van der Waals surface area contributed by atoms with Crippen molar-refractivity contribution in [3.05, 3.63) is 35.4 Å². The largest absolute Gasteiger partial charge is 0.324 e. The zero-order chi connectivity index (χ0) is 11.7. The van der Waals surface area contributed by atoms with E-state index < -0.39 is 23.1 Å². The molecular formula is C8H6F3N5. The summed E-state index contributed by atoms with van der Waals surface area (Å²) in [6.07, 6.45) is 0. The van der Waals surface area contributed by atoms with Gasteiger partial charge in [0.05, 0.1) is 6.54 Å². The third kappa shape index (κ3) is 1.63. The van der Waals surface area contributed by atoms with Crippen molar-refractivity contribution in [2.75, 3.05) is 0 Å². The molecule has 0 bridgehead atoms. The number of nitrogens with two attached hydrogens (primary N) is 1. The van der Waals surface area contributed by atoms with E-state index in [2.05, 4.69) is 15.5 Å². The fraction of sp³-hybridized carbons (Fsp3) is 0.125. The van der Waals surface area contributed by atoms with Gasteiger partial charge in [0, 0.05) is 12.1 Å². The lowest BCUT2D eigenvalue weighted by molar-refractivity contribution is 0.522. The first-order valence-corrected chi connectivity index (χ1v) is 4.25. The molecule has 0 radical (unpaired) electrons. The van der Waals surface area contributed by atoms with Gasteiger partial charge in [0.25, 0.3) is 0 Å². The molecule has 0 atom stereocenters. The second-order valence-corrected chi connectivity index (χ2v) is 2.93. The van der Waals surface area contributed by atoms with Crippen molar-refractivity contribution in [3.63, 3.8) is 0 Å². The van der Waals surface area contributed by atoms with Crippen LogP contribution < -0.4 is 5.73 Å². The van der Waals surface area contributed by atoms with Gasteiger partial charge in [-0.15, -0.1) is 5.10 Å². The number of hydrogen-bond acceptors (Lipinski definition) is 4. The highest BCUT2D eigenvalue weighted by atomic mass is 19.1. The maximum Gasteiger partial charge on any atom is 0.170 e. The van der Waals surface area contributed by atoms with Gasteiger partial charge >= 0.3 is 0 Å². The van der Waals surface area contributed by atoms with Crippen LogP contribution >= 0.6 is 0 Å². The number of rotatable bonds is 2. The van der Waals surface area contributed by atoms with Gasteiger partial charge in [-0.25, -0.2) is 13.2 Å². The minimum Gasteiger partial charge on any atom is -0.324 e. The number of hydrogen-bond donors (Lipinski definition) is 1. The maximum atomic E-state index is 13.4. The Morgan fingerprint density at radius 1 is 1.19 bits per heavy atom. The molecule has 1 aromatic heterocycles. The predicted octanol–water partition coefficient (Wildman–Crippen LogP) is 0.538. The molecular weight excluding hydrogens is 223 g/mol. The van der Waals surface area contributed by atoms with Crippen molar-refractivity contribution in [1.29, 1.82) is 0 Å². The standard InChI is InChI=1S/C8H6F3N5/c9-4-1-5(10)8(6(11)2-4)16-7(3-12)13-14-15-16/h1-2H,3,12H2. The zero-order valence-corrected chi connectivity index (χ0v) is 7.86. The Kier molecular flexibility index (Phi) is 2.57. The zero-order valence-electron chi connectivity index (χ0n) is 7.86. The van der Waals surface area contributed by atoms with Crippen LogP contribution in [0.3, 0.4) is 0 Å². The highest BCUT2D eigenvalue weighted by Gasteiger charge is 2.17. The SMILES string of the molecule is NCc1nnnn1-c1c(F)cc(F)cc1F. The van der Waals surface area contributed by atoms with Gasteiger partial charge in [-0.3, -0.25) is 0 Å². The summed E-state index contributed by atoms with van der Waals surface area (Å²) in [7, 11) is 0. The molecule has 8 heteroatoms. The quantitative estimate of drug-likeness (QED) is 0.815. The van der Waals surface area contributed by atoms with E-state index in [0.29, 0.717) is 12.1 Å². The molecule has 0 amide bonds. The Balaban J connectivity index is 2.64. The lowest BCUT2D eigenvalue weighted by atomic mass is 10.3. The van der Waals surface area contributed by atoms with E-state index >= 15 is 0 Å². The van der Waals surface area contributed by atoms with Gasteiger partial charge in [0.1, 0.15) is 11.5 Å². The monoisotopic (exact) mass is 229 g/mol. The van der Waals surface area contributed by atoms with E-state index in [-0.39, 0.29) is 12.4 Å². The average molecular weight is 229 g/mol. The third-order valence-electron chi connectivity index (χ3n) is 1.91. The topological polar surface area (TPSA) is 69.6 Å². The summed E-state index contributed by atoms with van der Waals surface area (Å²) in [6.45, 7) is -0.0940. The van der Waals surface area contributed by atoms with Crippen LogP contribution in [0.4, 0.5) is 13.2 Å². The molecule has 2 N–H and O–H groups in total. The maximum absolute atomic E-state index is 13.4. The molecule has 0 aliphatic rings. The van der Waals surface area contributed by atoms with Crippen LogP contribution in [-0.4, -0.2) is 20.2 Å². The molecule has 0 unspecified atom stereocenters. The third-order valence-corrected chi connectivity index (χ3v) is 1.91. The van der Waals surface area contributed by atoms with Crippen molar-refractivity contribution in [3.8, 4) is 5.69 Å². The van der Waals surface area contributed by atoms with Gasteiger partial charge in [-0.2, -0.15) is 4.68 Å². The summed E-state index contributed by atoms with van der Waals surface area (Å²) in [6, 6.07) is 1.08. The Morgan fingerprint density at radius 3 is 2.38 bits per heavy atom. The van der Waals surface area contributed by atoms with Crippen molar-refractivity contribution in [2.45, 2.75) is 6.54 Å². The molecule has 5 nitrogen and oxygen atoms in total. The first-order chi connectivity index (χ1) is 7.63. The van der Waals surface area contributed by atoms with Crippen molar-refractivity contribution in [2.24, 2.45) is 5.73 Å². The summed E-state index contributed by atoms with van der Waals surface area (Å²) < 4.78 is 40.2. The van der Waals surface area contributed by atoms with Crippen molar-refractivity contribution < 1.29 is 13.2 Å². The molecule has 0 spiro atoms. The smallest absolute Gasteiger partial charge is 0.170 e. The molecule has 0 saturated carbocycles. The van der Waals surface area contributed by atoms with Crippen molar-refractivity contribution >= 4 is 0 Å². The van der Waals surface area contributed by atoms with Gasteiger partial charge in [0.2, 0.25) is 0 Å². The molecule has 0 fully saturated rings. The first kappa shape index (κ1) is 10.6. The van der Waals surface area contributed by atoms with Crippen LogP contribution in [0.25, 0.3) is 5.69 Å². The van der Waals surface area contributed by atoms with Crippen LogP contribution in [0, 0.1) is 17.5 Å². The van der Waals surface area contributed by atoms with Gasteiger partial charge < -0.3 is 5.73 Å². The van der Waals surface area contributed by atoms with Crippen LogP contribution in [0.1, 0.15) is 5.82 Å². The molecule has 1 heterocycles. The molecule has 84 valence electrons. The summed E-state index contributed by atoms with van der Waals surface area (Å²) in [5.74, 6) is -3.13. The predicted molar refractivity (Wildman–Crippen MR) is 46.9 cm³/mol. The molecule has 16 heavy (non-hydrogen) atoms. The normalized spacial score (nSPS) is 10.8. The summed E-state index contributed by atoms with van der Waals surface area (Å²) in [5, 5.41) is 10.1. The second-order valence-electron chi connectivity index (χ2n) is 2.93. The fourth-order valence-electron chi connectivity index (χ4n) is 1.24. The van der Waals surface area contributed by atoms with Crippen LogP contribution in [0.2, 0.25) is 0 Å². The molecule has 0 aliphatic heterocycles. The highest BCUT2D eigenvalue weighted by molar-refractivity contribution is 5.35. The molecule has 0 aliphatic carbocycles. The Morgan fingerprint density at radius 2 is 1.81 bits per heavy atom. The summed E-state index contributed by atoms with van der Waals surface area (Å²) >= 11 is 0. The second kappa shape index (κ2) is 3.89. The number of tetrazole rings is 1. The van der Waals surface area contributed by atoms with E-state index in [9.17, 15) is 13.2 Å². The van der Waals surface area contributed by atoms with E-state index in [0.717, 1.165) is 4.68 Å². The summed E-state index contributed by atoms with van der Waals surface area (Å²) in [4.78, 5) is 0. The van der Waals surface area contributed by atoms with Crippen molar-refractivity contribution in [1.82, 2.24) is 20.2 Å². The first-order valence-electron chi connectivity index (χ1n) is 4.25. The van der Waals surface area contributed by atoms with Gasteiger partial charge in [-0.05, 0) is 10.4 Å². The number of halogens is 3. The van der Waals surface area contributed by atoms with Crippen LogP contribution in [0.5, 0.6) is 0 Å². The van der Waals surface area contributed by atoms with Gasteiger partial charge in [0.15, 0.2) is 17.5 Å². The lowest BCUT2D eigenvalue weighted by Crippen LogP contribution is -2.11. The highest BCUT2D eigenvalue weighted by Crippen LogP contribution is 2.18.